The standard InChI is InChI=1S/C21H31BN2O3/c1-12(2)16-11-24(13(3)25)19(15(16)7-8-23)22-26-18-10-14-9-17(20(14,4)5)21(18,6)27-22/h14-19H,1,7,9-11H2,2-6H3/t14-,15-,16+,17-,18+,19-,21-/m0/s1. The van der Waals surface area contributed by atoms with Crippen molar-refractivity contribution in [3.8, 4) is 6.07 Å². The molecule has 0 aromatic heterocycles. The second kappa shape index (κ2) is 6.09. The summed E-state index contributed by atoms with van der Waals surface area (Å²) in [6, 6.07) is 2.32. The number of nitrogens with zero attached hydrogens (tertiary/aromatic N) is 2. The SMILES string of the molecule is C=C(C)[C@H]1CN(C(C)=O)[C@H](B2O[C@@H]3C[C@@H]4C[C@@H](C4(C)C)[C@]3(C)O2)[C@H]1CC#N. The zero-order valence-electron chi connectivity index (χ0n) is 17.2. The summed E-state index contributed by atoms with van der Waals surface area (Å²) >= 11 is 0. The van der Waals surface area contributed by atoms with Crippen molar-refractivity contribution in [2.24, 2.45) is 29.1 Å². The molecule has 1 amide bonds. The van der Waals surface area contributed by atoms with Crippen LogP contribution in [-0.2, 0) is 14.1 Å². The molecule has 2 bridgehead atoms. The van der Waals surface area contributed by atoms with Gasteiger partial charge in [-0.1, -0.05) is 26.0 Å². The highest BCUT2D eigenvalue weighted by atomic mass is 16.7. The molecule has 0 spiro atoms. The van der Waals surface area contributed by atoms with Gasteiger partial charge in [0.1, 0.15) is 0 Å². The van der Waals surface area contributed by atoms with E-state index in [1.165, 1.54) is 6.42 Å². The first kappa shape index (κ1) is 19.0. The van der Waals surface area contributed by atoms with E-state index in [4.69, 9.17) is 9.31 Å². The lowest BCUT2D eigenvalue weighted by atomic mass is 9.43. The summed E-state index contributed by atoms with van der Waals surface area (Å²) in [5, 5.41) is 9.42. The topological polar surface area (TPSA) is 62.6 Å². The average molecular weight is 370 g/mol. The molecule has 0 N–H and O–H groups in total. The Labute approximate surface area is 163 Å². The first-order valence-electron chi connectivity index (χ1n) is 10.2. The zero-order chi connectivity index (χ0) is 19.7. The summed E-state index contributed by atoms with van der Waals surface area (Å²) in [7, 11) is -0.457. The fraction of sp³-hybridized carbons (Fsp3) is 0.810. The highest BCUT2D eigenvalue weighted by molar-refractivity contribution is 6.48. The Kier molecular flexibility index (Phi) is 4.29. The van der Waals surface area contributed by atoms with Crippen molar-refractivity contribution in [1.29, 1.82) is 5.26 Å². The maximum Gasteiger partial charge on any atom is 0.482 e. The molecule has 0 unspecified atom stereocenters. The van der Waals surface area contributed by atoms with Gasteiger partial charge in [-0.25, -0.2) is 0 Å². The van der Waals surface area contributed by atoms with Crippen molar-refractivity contribution >= 4 is 13.0 Å². The van der Waals surface area contributed by atoms with Crippen LogP contribution in [0.15, 0.2) is 12.2 Å². The van der Waals surface area contributed by atoms with Crippen molar-refractivity contribution in [2.45, 2.75) is 71.5 Å². The van der Waals surface area contributed by atoms with Crippen molar-refractivity contribution in [3.05, 3.63) is 12.2 Å². The highest BCUT2D eigenvalue weighted by Crippen LogP contribution is 2.66. The van der Waals surface area contributed by atoms with Crippen LogP contribution in [-0.4, -0.2) is 42.1 Å². The summed E-state index contributed by atoms with van der Waals surface area (Å²) in [5.41, 5.74) is 1.00. The Morgan fingerprint density at radius 3 is 2.59 bits per heavy atom. The van der Waals surface area contributed by atoms with Crippen molar-refractivity contribution < 1.29 is 14.1 Å². The van der Waals surface area contributed by atoms with Crippen LogP contribution in [0.4, 0.5) is 0 Å². The van der Waals surface area contributed by atoms with Gasteiger partial charge >= 0.3 is 7.12 Å². The minimum absolute atomic E-state index is 0.00756. The number of hydrogen-bond donors (Lipinski definition) is 0. The largest absolute Gasteiger partial charge is 0.482 e. The van der Waals surface area contributed by atoms with Crippen molar-refractivity contribution in [1.82, 2.24) is 4.90 Å². The molecule has 5 fully saturated rings. The monoisotopic (exact) mass is 370 g/mol. The van der Waals surface area contributed by atoms with E-state index < -0.39 is 7.12 Å². The molecular formula is C21H31BN2O3. The summed E-state index contributed by atoms with van der Waals surface area (Å²) in [5.74, 6) is 1.10. The van der Waals surface area contributed by atoms with Crippen LogP contribution in [0.1, 0.15) is 53.9 Å². The van der Waals surface area contributed by atoms with E-state index in [1.54, 1.807) is 6.92 Å². The quantitative estimate of drug-likeness (QED) is 0.565. The van der Waals surface area contributed by atoms with E-state index in [9.17, 15) is 10.1 Å². The maximum absolute atomic E-state index is 12.4. The lowest BCUT2D eigenvalue weighted by molar-refractivity contribution is -0.199. The van der Waals surface area contributed by atoms with E-state index in [0.717, 1.165) is 12.0 Å². The van der Waals surface area contributed by atoms with Gasteiger partial charge in [0, 0.05) is 25.8 Å². The first-order valence-corrected chi connectivity index (χ1v) is 10.2. The van der Waals surface area contributed by atoms with Gasteiger partial charge in [-0.2, -0.15) is 5.26 Å². The molecular weight excluding hydrogens is 339 g/mol. The molecule has 3 saturated carbocycles. The Balaban J connectivity index is 1.64. The first-order chi connectivity index (χ1) is 12.6. The fourth-order valence-corrected chi connectivity index (χ4v) is 6.56. The molecule has 6 heteroatoms. The molecule has 146 valence electrons. The molecule has 27 heavy (non-hydrogen) atoms. The summed E-state index contributed by atoms with van der Waals surface area (Å²) in [4.78, 5) is 14.3. The summed E-state index contributed by atoms with van der Waals surface area (Å²) in [6.45, 7) is 15.2. The van der Waals surface area contributed by atoms with Crippen LogP contribution in [0.2, 0.25) is 0 Å². The maximum atomic E-state index is 12.4. The zero-order valence-corrected chi connectivity index (χ0v) is 17.2. The van der Waals surface area contributed by atoms with E-state index >= 15 is 0 Å². The summed E-state index contributed by atoms with van der Waals surface area (Å²) in [6.07, 6.45) is 2.69. The lowest BCUT2D eigenvalue weighted by Gasteiger charge is -2.64. The van der Waals surface area contributed by atoms with Gasteiger partial charge in [-0.3, -0.25) is 4.79 Å². The fourth-order valence-electron chi connectivity index (χ4n) is 6.56. The van der Waals surface area contributed by atoms with Crippen molar-refractivity contribution in [2.75, 3.05) is 6.54 Å². The smallest absolute Gasteiger partial charge is 0.404 e. The van der Waals surface area contributed by atoms with E-state index in [0.29, 0.717) is 24.8 Å². The summed E-state index contributed by atoms with van der Waals surface area (Å²) < 4.78 is 13.1. The molecule has 3 aliphatic carbocycles. The lowest BCUT2D eigenvalue weighted by Crippen LogP contribution is -2.65. The van der Waals surface area contributed by atoms with E-state index in [-0.39, 0.29) is 40.8 Å². The number of amides is 1. The van der Waals surface area contributed by atoms with Gasteiger partial charge in [-0.15, -0.1) is 0 Å². The van der Waals surface area contributed by atoms with Crippen molar-refractivity contribution in [3.63, 3.8) is 0 Å². The Hall–Kier alpha value is -1.32. The number of hydrogen-bond acceptors (Lipinski definition) is 4. The van der Waals surface area contributed by atoms with Crippen LogP contribution in [0.3, 0.4) is 0 Å². The van der Waals surface area contributed by atoms with E-state index in [2.05, 4.69) is 33.4 Å². The number of carbonyl (C=O) groups excluding carboxylic acids is 1. The highest BCUT2D eigenvalue weighted by Gasteiger charge is 2.69. The van der Waals surface area contributed by atoms with Gasteiger partial charge in [0.15, 0.2) is 0 Å². The Morgan fingerprint density at radius 2 is 2.04 bits per heavy atom. The van der Waals surface area contributed by atoms with Gasteiger partial charge in [-0.05, 0) is 49.9 Å². The third-order valence-electron chi connectivity index (χ3n) is 8.32. The van der Waals surface area contributed by atoms with Gasteiger partial charge in [0.2, 0.25) is 5.91 Å². The second-order valence-electron chi connectivity index (χ2n) is 9.98. The van der Waals surface area contributed by atoms with Gasteiger partial charge < -0.3 is 14.2 Å². The van der Waals surface area contributed by atoms with Crippen LogP contribution < -0.4 is 0 Å². The Morgan fingerprint density at radius 1 is 1.33 bits per heavy atom. The molecule has 5 aliphatic rings. The molecule has 0 aromatic rings. The second-order valence-corrected chi connectivity index (χ2v) is 9.98. The minimum Gasteiger partial charge on any atom is -0.404 e. The normalized spacial score (nSPS) is 44.4. The molecule has 0 aromatic carbocycles. The van der Waals surface area contributed by atoms with E-state index in [1.807, 2.05) is 11.8 Å². The molecule has 2 saturated heterocycles. The minimum atomic E-state index is -0.457. The third-order valence-corrected chi connectivity index (χ3v) is 8.32. The molecule has 2 aliphatic heterocycles. The number of nitriles is 1. The molecule has 2 heterocycles. The van der Waals surface area contributed by atoms with Crippen LogP contribution >= 0.6 is 0 Å². The number of carbonyl (C=O) groups is 1. The van der Waals surface area contributed by atoms with Gasteiger partial charge in [0.05, 0.1) is 23.7 Å². The predicted octanol–water partition coefficient (Wildman–Crippen LogP) is 3.21. The van der Waals surface area contributed by atoms with Crippen LogP contribution in [0, 0.1) is 40.4 Å². The number of likely N-dealkylation sites (tertiary alicyclic amines) is 1. The Bertz CT molecular complexity index is 717. The number of rotatable bonds is 3. The molecule has 5 rings (SSSR count). The van der Waals surface area contributed by atoms with Crippen LogP contribution in [0.5, 0.6) is 0 Å². The molecule has 7 atom stereocenters. The van der Waals surface area contributed by atoms with Crippen LogP contribution in [0.25, 0.3) is 0 Å². The van der Waals surface area contributed by atoms with Gasteiger partial charge in [0.25, 0.3) is 0 Å². The average Bonchev–Trinajstić information content (AvgIpc) is 3.11. The molecule has 0 radical (unpaired) electrons. The third kappa shape index (κ3) is 2.54. The predicted molar refractivity (Wildman–Crippen MR) is 103 cm³/mol. The molecule has 5 nitrogen and oxygen atoms in total.